The van der Waals surface area contributed by atoms with Crippen LogP contribution in [-0.2, 0) is 0 Å². The Balaban J connectivity index is 2.21. The molecule has 0 fully saturated rings. The first-order valence-corrected chi connectivity index (χ1v) is 6.99. The number of aromatic carboxylic acids is 1. The van der Waals surface area contributed by atoms with Gasteiger partial charge in [0.1, 0.15) is 11.3 Å². The lowest BCUT2D eigenvalue weighted by Gasteiger charge is -2.12. The number of pyridine rings is 1. The zero-order valence-electron chi connectivity index (χ0n) is 10.8. The number of hydrogen-bond acceptors (Lipinski definition) is 3. The van der Waals surface area contributed by atoms with Crippen LogP contribution in [0, 0.1) is 0 Å². The van der Waals surface area contributed by atoms with E-state index in [1.165, 1.54) is 6.20 Å². The summed E-state index contributed by atoms with van der Waals surface area (Å²) in [5.41, 5.74) is 0.717. The summed E-state index contributed by atoms with van der Waals surface area (Å²) in [7, 11) is 0. The molecule has 3 aromatic rings. The van der Waals surface area contributed by atoms with Crippen LogP contribution in [0.5, 0.6) is 11.5 Å². The molecule has 0 spiro atoms. The van der Waals surface area contributed by atoms with Crippen molar-refractivity contribution in [3.05, 3.63) is 64.8 Å². The molecule has 4 nitrogen and oxygen atoms in total. The first kappa shape index (κ1) is 13.6. The Labute approximate surface area is 129 Å². The number of hydrogen-bond donors (Lipinski definition) is 1. The summed E-state index contributed by atoms with van der Waals surface area (Å²) >= 11 is 3.39. The first-order chi connectivity index (χ1) is 10.2. The molecule has 0 aliphatic rings. The van der Waals surface area contributed by atoms with E-state index in [4.69, 9.17) is 4.74 Å². The van der Waals surface area contributed by atoms with E-state index in [-0.39, 0.29) is 5.56 Å². The minimum Gasteiger partial charge on any atom is -0.477 e. The molecule has 1 aromatic heterocycles. The number of fused-ring (bicyclic) bond motifs is 1. The van der Waals surface area contributed by atoms with Crippen molar-refractivity contribution in [1.29, 1.82) is 0 Å². The van der Waals surface area contributed by atoms with Crippen LogP contribution in [0.4, 0.5) is 0 Å². The molecule has 0 aliphatic carbocycles. The number of para-hydroxylation sites is 2. The van der Waals surface area contributed by atoms with Crippen LogP contribution in [0.3, 0.4) is 0 Å². The third kappa shape index (κ3) is 2.60. The SMILES string of the molecule is O=C(O)c1cnc2ccccc2c1Oc1ccccc1Br. The molecule has 1 heterocycles. The molecule has 0 unspecified atom stereocenters. The summed E-state index contributed by atoms with van der Waals surface area (Å²) in [4.78, 5) is 15.6. The van der Waals surface area contributed by atoms with Crippen molar-refractivity contribution in [2.45, 2.75) is 0 Å². The van der Waals surface area contributed by atoms with E-state index < -0.39 is 5.97 Å². The monoisotopic (exact) mass is 343 g/mol. The average Bonchev–Trinajstić information content (AvgIpc) is 2.49. The van der Waals surface area contributed by atoms with Crippen molar-refractivity contribution < 1.29 is 14.6 Å². The van der Waals surface area contributed by atoms with Crippen LogP contribution in [0.15, 0.2) is 59.2 Å². The normalized spacial score (nSPS) is 10.5. The van der Waals surface area contributed by atoms with Gasteiger partial charge in [-0.15, -0.1) is 0 Å². The third-order valence-corrected chi connectivity index (χ3v) is 3.66. The topological polar surface area (TPSA) is 59.4 Å². The second kappa shape index (κ2) is 5.54. The molecular formula is C16H10BrNO3. The van der Waals surface area contributed by atoms with Gasteiger partial charge in [-0.05, 0) is 40.2 Å². The standard InChI is InChI=1S/C16H10BrNO3/c17-12-6-2-4-8-14(12)21-15-10-5-1-3-7-13(10)18-9-11(15)16(19)20/h1-9H,(H,19,20). The molecule has 1 N–H and O–H groups in total. The maximum Gasteiger partial charge on any atom is 0.341 e. The van der Waals surface area contributed by atoms with Crippen LogP contribution in [0.1, 0.15) is 10.4 Å². The number of ether oxygens (including phenoxy) is 1. The zero-order chi connectivity index (χ0) is 14.8. The van der Waals surface area contributed by atoms with E-state index in [2.05, 4.69) is 20.9 Å². The lowest BCUT2D eigenvalue weighted by molar-refractivity contribution is 0.0694. The van der Waals surface area contributed by atoms with E-state index in [9.17, 15) is 9.90 Å². The van der Waals surface area contributed by atoms with Crippen LogP contribution < -0.4 is 4.74 Å². The second-order valence-corrected chi connectivity index (χ2v) is 5.21. The number of rotatable bonds is 3. The predicted octanol–water partition coefficient (Wildman–Crippen LogP) is 4.49. The molecule has 2 aromatic carbocycles. The Morgan fingerprint density at radius 2 is 1.81 bits per heavy atom. The van der Waals surface area contributed by atoms with Gasteiger partial charge in [0.2, 0.25) is 0 Å². The van der Waals surface area contributed by atoms with Gasteiger partial charge in [0.15, 0.2) is 5.75 Å². The quantitative estimate of drug-likeness (QED) is 0.761. The van der Waals surface area contributed by atoms with Gasteiger partial charge >= 0.3 is 5.97 Å². The smallest absolute Gasteiger partial charge is 0.341 e. The fraction of sp³-hybridized carbons (Fsp3) is 0. The Bertz CT molecular complexity index is 833. The third-order valence-electron chi connectivity index (χ3n) is 3.01. The van der Waals surface area contributed by atoms with E-state index in [1.54, 1.807) is 12.1 Å². The molecule has 3 rings (SSSR count). The van der Waals surface area contributed by atoms with Gasteiger partial charge in [0, 0.05) is 11.6 Å². The lowest BCUT2D eigenvalue weighted by atomic mass is 10.1. The maximum absolute atomic E-state index is 11.4. The van der Waals surface area contributed by atoms with E-state index in [0.29, 0.717) is 22.4 Å². The molecular weight excluding hydrogens is 334 g/mol. The van der Waals surface area contributed by atoms with Crippen molar-refractivity contribution in [2.24, 2.45) is 0 Å². The fourth-order valence-corrected chi connectivity index (χ4v) is 2.38. The largest absolute Gasteiger partial charge is 0.477 e. The van der Waals surface area contributed by atoms with Gasteiger partial charge in [0.05, 0.1) is 9.99 Å². The van der Waals surface area contributed by atoms with Crippen molar-refractivity contribution in [3.63, 3.8) is 0 Å². The summed E-state index contributed by atoms with van der Waals surface area (Å²) in [5, 5.41) is 10.0. The summed E-state index contributed by atoms with van der Waals surface area (Å²) in [5.74, 6) is -0.230. The minimum absolute atomic E-state index is 0.0319. The summed E-state index contributed by atoms with van der Waals surface area (Å²) in [6, 6.07) is 14.6. The number of nitrogens with zero attached hydrogens (tertiary/aromatic N) is 1. The highest BCUT2D eigenvalue weighted by Crippen LogP contribution is 2.35. The van der Waals surface area contributed by atoms with E-state index >= 15 is 0 Å². The first-order valence-electron chi connectivity index (χ1n) is 6.20. The molecule has 0 radical (unpaired) electrons. The molecule has 0 amide bonds. The Morgan fingerprint density at radius 1 is 1.10 bits per heavy atom. The highest BCUT2D eigenvalue weighted by Gasteiger charge is 2.17. The molecule has 5 heteroatoms. The van der Waals surface area contributed by atoms with Gasteiger partial charge in [-0.25, -0.2) is 4.79 Å². The number of aromatic nitrogens is 1. The van der Waals surface area contributed by atoms with Gasteiger partial charge < -0.3 is 9.84 Å². The van der Waals surface area contributed by atoms with Crippen molar-refractivity contribution in [1.82, 2.24) is 4.98 Å². The minimum atomic E-state index is -1.07. The average molecular weight is 344 g/mol. The number of carboxylic acids is 1. The summed E-state index contributed by atoms with van der Waals surface area (Å²) < 4.78 is 6.60. The van der Waals surface area contributed by atoms with Gasteiger partial charge in [-0.3, -0.25) is 4.98 Å². The summed E-state index contributed by atoms with van der Waals surface area (Å²) in [6.07, 6.45) is 1.32. The molecule has 0 atom stereocenters. The second-order valence-electron chi connectivity index (χ2n) is 4.36. The lowest BCUT2D eigenvalue weighted by Crippen LogP contribution is -2.02. The highest BCUT2D eigenvalue weighted by molar-refractivity contribution is 9.10. The molecule has 0 bridgehead atoms. The van der Waals surface area contributed by atoms with Crippen LogP contribution >= 0.6 is 15.9 Å². The molecule has 104 valence electrons. The predicted molar refractivity (Wildman–Crippen MR) is 82.9 cm³/mol. The molecule has 0 saturated carbocycles. The summed E-state index contributed by atoms with van der Waals surface area (Å²) in [6.45, 7) is 0. The number of carboxylic acid groups (broad SMARTS) is 1. The van der Waals surface area contributed by atoms with Gasteiger partial charge in [-0.1, -0.05) is 24.3 Å². The van der Waals surface area contributed by atoms with Crippen molar-refractivity contribution >= 4 is 32.8 Å². The zero-order valence-corrected chi connectivity index (χ0v) is 12.4. The van der Waals surface area contributed by atoms with Crippen molar-refractivity contribution in [3.8, 4) is 11.5 Å². The Morgan fingerprint density at radius 3 is 2.57 bits per heavy atom. The highest BCUT2D eigenvalue weighted by atomic mass is 79.9. The number of benzene rings is 2. The Kier molecular flexibility index (Phi) is 3.58. The van der Waals surface area contributed by atoms with E-state index in [0.717, 1.165) is 4.47 Å². The molecule has 21 heavy (non-hydrogen) atoms. The van der Waals surface area contributed by atoms with Crippen LogP contribution in [0.25, 0.3) is 10.9 Å². The number of carbonyl (C=O) groups is 1. The number of halogens is 1. The Hall–Kier alpha value is -2.40. The van der Waals surface area contributed by atoms with Crippen molar-refractivity contribution in [2.75, 3.05) is 0 Å². The van der Waals surface area contributed by atoms with Gasteiger partial charge in [0.25, 0.3) is 0 Å². The van der Waals surface area contributed by atoms with Gasteiger partial charge in [-0.2, -0.15) is 0 Å². The van der Waals surface area contributed by atoms with E-state index in [1.807, 2.05) is 36.4 Å². The van der Waals surface area contributed by atoms with Crippen LogP contribution in [0.2, 0.25) is 0 Å². The molecule has 0 aliphatic heterocycles. The molecule has 0 saturated heterocycles. The fourth-order valence-electron chi connectivity index (χ4n) is 2.02. The maximum atomic E-state index is 11.4. The van der Waals surface area contributed by atoms with Crippen LogP contribution in [-0.4, -0.2) is 16.1 Å².